The van der Waals surface area contributed by atoms with Crippen LogP contribution in [0.15, 0.2) is 18.2 Å². The summed E-state index contributed by atoms with van der Waals surface area (Å²) in [6.45, 7) is 5.14. The van der Waals surface area contributed by atoms with Gasteiger partial charge >= 0.3 is 5.97 Å². The molecule has 0 spiro atoms. The van der Waals surface area contributed by atoms with Crippen LogP contribution in [0.3, 0.4) is 0 Å². The van der Waals surface area contributed by atoms with E-state index in [1.807, 2.05) is 6.07 Å². The number of nitriles is 2. The van der Waals surface area contributed by atoms with E-state index in [0.717, 1.165) is 0 Å². The number of benzene rings is 1. The highest BCUT2D eigenvalue weighted by atomic mass is 16.7. The molecule has 0 bridgehead atoms. The zero-order chi connectivity index (χ0) is 20.4. The van der Waals surface area contributed by atoms with Gasteiger partial charge in [-0.05, 0) is 38.5 Å². The highest BCUT2D eigenvalue weighted by Crippen LogP contribution is 2.40. The van der Waals surface area contributed by atoms with Crippen LogP contribution < -0.4 is 15.2 Å². The van der Waals surface area contributed by atoms with Gasteiger partial charge in [0.2, 0.25) is 6.79 Å². The number of ether oxygens (including phenoxy) is 3. The summed E-state index contributed by atoms with van der Waals surface area (Å²) in [5.74, 6) is -0.362. The van der Waals surface area contributed by atoms with Crippen LogP contribution in [-0.4, -0.2) is 23.9 Å². The second-order valence-corrected chi connectivity index (χ2v) is 6.51. The molecule has 0 radical (unpaired) electrons. The van der Waals surface area contributed by atoms with Crippen molar-refractivity contribution in [3.63, 3.8) is 0 Å². The molecule has 1 aliphatic heterocycles. The summed E-state index contributed by atoms with van der Waals surface area (Å²) >= 11 is 0. The fraction of sp³-hybridized carbons (Fsp3) is 0.300. The largest absolute Gasteiger partial charge is 0.462 e. The van der Waals surface area contributed by atoms with Gasteiger partial charge in [0.1, 0.15) is 23.5 Å². The van der Waals surface area contributed by atoms with Crippen LogP contribution in [0.5, 0.6) is 11.5 Å². The number of rotatable bonds is 4. The Hall–Kier alpha value is -3.78. The van der Waals surface area contributed by atoms with Crippen molar-refractivity contribution < 1.29 is 19.0 Å². The summed E-state index contributed by atoms with van der Waals surface area (Å²) in [7, 11) is 0. The average Bonchev–Trinajstić information content (AvgIpc) is 3.13. The van der Waals surface area contributed by atoms with Crippen molar-refractivity contribution in [3.8, 4) is 34.8 Å². The molecule has 1 atom stereocenters. The summed E-state index contributed by atoms with van der Waals surface area (Å²) in [4.78, 5) is 16.6. The van der Waals surface area contributed by atoms with Gasteiger partial charge < -0.3 is 19.9 Å². The standard InChI is InChI=1S/C20H18N4O4/c1-10(2)28-20(25)11(3)18-13(7-21)17(14(8-22)19(23)24-18)12-4-5-15-16(6-12)27-9-26-15/h4-6,10-11H,9H2,1-3H3,(H2,23,24). The van der Waals surface area contributed by atoms with E-state index in [2.05, 4.69) is 11.1 Å². The Morgan fingerprint density at radius 1 is 1.18 bits per heavy atom. The van der Waals surface area contributed by atoms with E-state index >= 15 is 0 Å². The predicted octanol–water partition coefficient (Wildman–Crippen LogP) is 2.86. The van der Waals surface area contributed by atoms with Crippen molar-refractivity contribution in [1.82, 2.24) is 4.98 Å². The molecule has 1 aliphatic rings. The van der Waals surface area contributed by atoms with Crippen LogP contribution in [0.1, 0.15) is 43.5 Å². The number of nitrogens with zero attached hydrogens (tertiary/aromatic N) is 3. The smallest absolute Gasteiger partial charge is 0.315 e. The normalized spacial score (nSPS) is 12.9. The van der Waals surface area contributed by atoms with Gasteiger partial charge in [0.25, 0.3) is 0 Å². The van der Waals surface area contributed by atoms with Gasteiger partial charge in [0.15, 0.2) is 11.5 Å². The maximum absolute atomic E-state index is 12.4. The molecule has 28 heavy (non-hydrogen) atoms. The highest BCUT2D eigenvalue weighted by Gasteiger charge is 2.28. The second kappa shape index (κ2) is 7.45. The number of hydrogen-bond donors (Lipinski definition) is 1. The molecule has 142 valence electrons. The van der Waals surface area contributed by atoms with Crippen molar-refractivity contribution in [1.29, 1.82) is 10.5 Å². The first-order chi connectivity index (χ1) is 13.4. The lowest BCUT2D eigenvalue weighted by atomic mass is 9.91. The third-order valence-electron chi connectivity index (χ3n) is 4.25. The number of esters is 1. The summed E-state index contributed by atoms with van der Waals surface area (Å²) in [6, 6.07) is 9.13. The lowest BCUT2D eigenvalue weighted by Crippen LogP contribution is -2.20. The van der Waals surface area contributed by atoms with E-state index in [4.69, 9.17) is 19.9 Å². The van der Waals surface area contributed by atoms with E-state index in [1.54, 1.807) is 39.0 Å². The lowest BCUT2D eigenvalue weighted by Gasteiger charge is -2.18. The van der Waals surface area contributed by atoms with Gasteiger partial charge in [-0.2, -0.15) is 10.5 Å². The molecular formula is C20H18N4O4. The lowest BCUT2D eigenvalue weighted by molar-refractivity contribution is -0.148. The minimum Gasteiger partial charge on any atom is -0.462 e. The van der Waals surface area contributed by atoms with E-state index < -0.39 is 11.9 Å². The van der Waals surface area contributed by atoms with E-state index in [0.29, 0.717) is 22.6 Å². The third kappa shape index (κ3) is 3.28. The zero-order valence-corrected chi connectivity index (χ0v) is 15.6. The maximum Gasteiger partial charge on any atom is 0.315 e. The quantitative estimate of drug-likeness (QED) is 0.803. The molecule has 2 aromatic rings. The van der Waals surface area contributed by atoms with Crippen LogP contribution >= 0.6 is 0 Å². The fourth-order valence-corrected chi connectivity index (χ4v) is 2.95. The fourth-order valence-electron chi connectivity index (χ4n) is 2.95. The van der Waals surface area contributed by atoms with Crippen molar-refractivity contribution >= 4 is 11.8 Å². The molecule has 8 nitrogen and oxygen atoms in total. The molecule has 1 aromatic heterocycles. The van der Waals surface area contributed by atoms with Crippen LogP contribution in [0.2, 0.25) is 0 Å². The van der Waals surface area contributed by atoms with Gasteiger partial charge in [-0.1, -0.05) is 6.07 Å². The topological polar surface area (TPSA) is 131 Å². The van der Waals surface area contributed by atoms with Gasteiger partial charge in [-0.25, -0.2) is 4.98 Å². The number of carbonyl (C=O) groups is 1. The molecule has 0 aliphatic carbocycles. The molecular weight excluding hydrogens is 360 g/mol. The average molecular weight is 378 g/mol. The number of carbonyl (C=O) groups excluding carboxylic acids is 1. The predicted molar refractivity (Wildman–Crippen MR) is 99.3 cm³/mol. The van der Waals surface area contributed by atoms with Crippen LogP contribution in [0, 0.1) is 22.7 Å². The van der Waals surface area contributed by atoms with E-state index in [-0.39, 0.29) is 35.5 Å². The minimum atomic E-state index is -0.833. The molecule has 8 heteroatoms. The number of fused-ring (bicyclic) bond motifs is 1. The number of aromatic nitrogens is 1. The summed E-state index contributed by atoms with van der Waals surface area (Å²) < 4.78 is 15.9. The number of hydrogen-bond acceptors (Lipinski definition) is 8. The van der Waals surface area contributed by atoms with Crippen molar-refractivity contribution in [2.24, 2.45) is 0 Å². The van der Waals surface area contributed by atoms with Gasteiger partial charge in [0, 0.05) is 5.56 Å². The number of nitrogen functional groups attached to an aromatic ring is 1. The van der Waals surface area contributed by atoms with Crippen molar-refractivity contribution in [2.45, 2.75) is 32.8 Å². The second-order valence-electron chi connectivity index (χ2n) is 6.51. The molecule has 0 saturated carbocycles. The summed E-state index contributed by atoms with van der Waals surface area (Å²) in [5.41, 5.74) is 7.15. The first kappa shape index (κ1) is 19.0. The van der Waals surface area contributed by atoms with Crippen molar-refractivity contribution in [2.75, 3.05) is 12.5 Å². The van der Waals surface area contributed by atoms with Crippen LogP contribution in [0.4, 0.5) is 5.82 Å². The van der Waals surface area contributed by atoms with Gasteiger partial charge in [-0.15, -0.1) is 0 Å². The molecule has 1 aromatic carbocycles. The van der Waals surface area contributed by atoms with Crippen molar-refractivity contribution in [3.05, 3.63) is 35.0 Å². The maximum atomic E-state index is 12.4. The molecule has 0 amide bonds. The Morgan fingerprint density at radius 2 is 1.86 bits per heavy atom. The molecule has 1 unspecified atom stereocenters. The first-order valence-electron chi connectivity index (χ1n) is 8.61. The Balaban J connectivity index is 2.22. The Morgan fingerprint density at radius 3 is 2.50 bits per heavy atom. The third-order valence-corrected chi connectivity index (χ3v) is 4.25. The summed E-state index contributed by atoms with van der Waals surface area (Å²) in [5, 5.41) is 19.4. The SMILES string of the molecule is CC(C)OC(=O)C(C)c1nc(N)c(C#N)c(-c2ccc3c(c2)OCO3)c1C#N. The van der Waals surface area contributed by atoms with Gasteiger partial charge in [0.05, 0.1) is 23.3 Å². The molecule has 2 N–H and O–H groups in total. The van der Waals surface area contributed by atoms with Gasteiger partial charge in [-0.3, -0.25) is 4.79 Å². The minimum absolute atomic E-state index is 0.0589. The number of nitrogens with two attached hydrogens (primary N) is 1. The first-order valence-corrected chi connectivity index (χ1v) is 8.61. The van der Waals surface area contributed by atoms with Crippen LogP contribution in [0.25, 0.3) is 11.1 Å². The Kier molecular flexibility index (Phi) is 5.06. The van der Waals surface area contributed by atoms with E-state index in [1.165, 1.54) is 0 Å². The number of anilines is 1. The highest BCUT2D eigenvalue weighted by molar-refractivity contribution is 5.86. The number of pyridine rings is 1. The molecule has 2 heterocycles. The summed E-state index contributed by atoms with van der Waals surface area (Å²) in [6.07, 6.45) is -0.315. The Labute approximate surface area is 162 Å². The molecule has 0 fully saturated rings. The zero-order valence-electron chi connectivity index (χ0n) is 15.6. The van der Waals surface area contributed by atoms with Crippen LogP contribution in [-0.2, 0) is 9.53 Å². The molecule has 0 saturated heterocycles. The van der Waals surface area contributed by atoms with E-state index in [9.17, 15) is 15.3 Å². The monoisotopic (exact) mass is 378 g/mol. The molecule has 3 rings (SSSR count). The Bertz CT molecular complexity index is 1030.